The van der Waals surface area contributed by atoms with Crippen LogP contribution in [0.3, 0.4) is 0 Å². The van der Waals surface area contributed by atoms with Gasteiger partial charge < -0.3 is 10.1 Å². The number of rotatable bonds is 6. The van der Waals surface area contributed by atoms with Gasteiger partial charge in [-0.25, -0.2) is 4.98 Å². The Labute approximate surface area is 167 Å². The van der Waals surface area contributed by atoms with E-state index in [4.69, 9.17) is 4.74 Å². The van der Waals surface area contributed by atoms with Crippen LogP contribution in [-0.2, 0) is 11.3 Å². The van der Waals surface area contributed by atoms with E-state index >= 15 is 0 Å². The van der Waals surface area contributed by atoms with Gasteiger partial charge in [-0.2, -0.15) is 0 Å². The van der Waals surface area contributed by atoms with Crippen molar-refractivity contribution in [3.05, 3.63) is 67.7 Å². The number of aromatic nitrogens is 2. The number of carbonyl (C=O) groups is 1. The highest BCUT2D eigenvalue weighted by atomic mass is 79.9. The zero-order chi connectivity index (χ0) is 20.3. The summed E-state index contributed by atoms with van der Waals surface area (Å²) in [5.41, 5.74) is 0.327. The van der Waals surface area contributed by atoms with E-state index in [0.29, 0.717) is 16.7 Å². The number of non-ortho nitro benzene ring substituents is 1. The van der Waals surface area contributed by atoms with Crippen LogP contribution in [0.25, 0.3) is 10.9 Å². The summed E-state index contributed by atoms with van der Waals surface area (Å²) in [5, 5.41) is 13.9. The number of nitrogens with one attached hydrogen (secondary N) is 1. The molecule has 1 heterocycles. The molecule has 3 rings (SSSR count). The van der Waals surface area contributed by atoms with Crippen molar-refractivity contribution < 1.29 is 14.5 Å². The molecule has 10 heteroatoms. The summed E-state index contributed by atoms with van der Waals surface area (Å²) < 4.78 is 7.22. The molecule has 28 heavy (non-hydrogen) atoms. The predicted molar refractivity (Wildman–Crippen MR) is 107 cm³/mol. The maximum Gasteiger partial charge on any atom is 0.271 e. The van der Waals surface area contributed by atoms with E-state index < -0.39 is 10.8 Å². The topological polar surface area (TPSA) is 116 Å². The van der Waals surface area contributed by atoms with E-state index in [1.165, 1.54) is 36.2 Å². The number of amides is 1. The van der Waals surface area contributed by atoms with E-state index in [2.05, 4.69) is 26.2 Å². The first-order valence-electron chi connectivity index (χ1n) is 8.16. The standard InChI is InChI=1S/C18H15BrN4O5/c1-28-16-5-3-12(23(26)27)9-15(16)21-17(24)6-7-22-10-20-14-4-2-11(19)8-13(14)18(22)25/h2-5,8-10H,6-7H2,1H3,(H,21,24). The summed E-state index contributed by atoms with van der Waals surface area (Å²) in [7, 11) is 1.40. The number of aryl methyl sites for hydroxylation is 1. The lowest BCUT2D eigenvalue weighted by Crippen LogP contribution is -2.23. The van der Waals surface area contributed by atoms with Crippen LogP contribution >= 0.6 is 15.9 Å². The summed E-state index contributed by atoms with van der Waals surface area (Å²) >= 11 is 3.32. The van der Waals surface area contributed by atoms with Gasteiger partial charge in [0.25, 0.3) is 11.2 Å². The van der Waals surface area contributed by atoms with Gasteiger partial charge in [-0.1, -0.05) is 15.9 Å². The quantitative estimate of drug-likeness (QED) is 0.459. The van der Waals surface area contributed by atoms with Crippen molar-refractivity contribution in [2.45, 2.75) is 13.0 Å². The molecule has 1 amide bonds. The molecule has 0 saturated carbocycles. The highest BCUT2D eigenvalue weighted by Gasteiger charge is 2.14. The number of nitro groups is 1. The van der Waals surface area contributed by atoms with E-state index in [1.54, 1.807) is 18.2 Å². The lowest BCUT2D eigenvalue weighted by atomic mass is 10.2. The third kappa shape index (κ3) is 4.17. The Bertz CT molecular complexity index is 1130. The molecule has 0 fully saturated rings. The molecule has 0 aliphatic carbocycles. The lowest BCUT2D eigenvalue weighted by molar-refractivity contribution is -0.384. The number of fused-ring (bicyclic) bond motifs is 1. The number of hydrogen-bond acceptors (Lipinski definition) is 6. The molecule has 0 spiro atoms. The SMILES string of the molecule is COc1ccc([N+](=O)[O-])cc1NC(=O)CCn1cnc2ccc(Br)cc2c1=O. The smallest absolute Gasteiger partial charge is 0.271 e. The monoisotopic (exact) mass is 446 g/mol. The van der Waals surface area contributed by atoms with Crippen LogP contribution in [0.5, 0.6) is 5.75 Å². The zero-order valence-corrected chi connectivity index (χ0v) is 16.3. The highest BCUT2D eigenvalue weighted by molar-refractivity contribution is 9.10. The number of nitrogens with zero attached hydrogens (tertiary/aromatic N) is 3. The second-order valence-electron chi connectivity index (χ2n) is 5.84. The first-order chi connectivity index (χ1) is 13.4. The normalized spacial score (nSPS) is 10.6. The van der Waals surface area contributed by atoms with Crippen LogP contribution in [-0.4, -0.2) is 27.5 Å². The Kier molecular flexibility index (Phi) is 5.69. The Morgan fingerprint density at radius 3 is 2.82 bits per heavy atom. The Hall–Kier alpha value is -3.27. The number of ether oxygens (including phenoxy) is 1. The molecule has 0 unspecified atom stereocenters. The van der Waals surface area contributed by atoms with Gasteiger partial charge in [-0.15, -0.1) is 0 Å². The van der Waals surface area contributed by atoms with Gasteiger partial charge in [0.05, 0.1) is 35.0 Å². The van der Waals surface area contributed by atoms with Crippen molar-refractivity contribution in [1.82, 2.24) is 9.55 Å². The molecule has 0 radical (unpaired) electrons. The van der Waals surface area contributed by atoms with Crippen molar-refractivity contribution in [1.29, 1.82) is 0 Å². The van der Waals surface area contributed by atoms with E-state index in [9.17, 15) is 19.7 Å². The van der Waals surface area contributed by atoms with Gasteiger partial charge in [0.2, 0.25) is 5.91 Å². The van der Waals surface area contributed by atoms with Crippen LogP contribution in [0.15, 0.2) is 52.0 Å². The molecular weight excluding hydrogens is 432 g/mol. The van der Waals surface area contributed by atoms with Crippen LogP contribution < -0.4 is 15.6 Å². The summed E-state index contributed by atoms with van der Waals surface area (Å²) in [5.74, 6) is -0.117. The molecule has 0 aliphatic heterocycles. The predicted octanol–water partition coefficient (Wildman–Crippen LogP) is 3.10. The molecule has 1 N–H and O–H groups in total. The maximum atomic E-state index is 12.5. The van der Waals surface area contributed by atoms with E-state index in [-0.39, 0.29) is 29.9 Å². The molecule has 0 atom stereocenters. The molecule has 0 aliphatic rings. The van der Waals surface area contributed by atoms with Gasteiger partial charge in [-0.3, -0.25) is 24.3 Å². The van der Waals surface area contributed by atoms with Crippen molar-refractivity contribution in [2.75, 3.05) is 12.4 Å². The van der Waals surface area contributed by atoms with E-state index in [0.717, 1.165) is 4.47 Å². The van der Waals surface area contributed by atoms with Crippen LogP contribution in [0.1, 0.15) is 6.42 Å². The summed E-state index contributed by atoms with van der Waals surface area (Å²) in [6, 6.07) is 9.11. The molecule has 2 aromatic carbocycles. The van der Waals surface area contributed by atoms with E-state index in [1.807, 2.05) is 0 Å². The Morgan fingerprint density at radius 1 is 1.32 bits per heavy atom. The first-order valence-corrected chi connectivity index (χ1v) is 8.95. The van der Waals surface area contributed by atoms with Crippen LogP contribution in [0, 0.1) is 10.1 Å². The average molecular weight is 447 g/mol. The summed E-state index contributed by atoms with van der Waals surface area (Å²) in [6.45, 7) is 0.108. The largest absolute Gasteiger partial charge is 0.495 e. The minimum atomic E-state index is -0.562. The average Bonchev–Trinajstić information content (AvgIpc) is 2.67. The second-order valence-corrected chi connectivity index (χ2v) is 6.76. The molecule has 144 valence electrons. The zero-order valence-electron chi connectivity index (χ0n) is 14.7. The summed E-state index contributed by atoms with van der Waals surface area (Å²) in [4.78, 5) is 39.4. The molecule has 9 nitrogen and oxygen atoms in total. The van der Waals surface area contributed by atoms with Gasteiger partial charge in [0, 0.05) is 29.6 Å². The number of methoxy groups -OCH3 is 1. The fourth-order valence-electron chi connectivity index (χ4n) is 2.63. The molecule has 0 saturated heterocycles. The molecule has 1 aromatic heterocycles. The Balaban J connectivity index is 1.75. The van der Waals surface area contributed by atoms with Gasteiger partial charge in [-0.05, 0) is 24.3 Å². The van der Waals surface area contributed by atoms with Crippen molar-refractivity contribution in [3.63, 3.8) is 0 Å². The van der Waals surface area contributed by atoms with Gasteiger partial charge >= 0.3 is 0 Å². The number of nitro benzene ring substituents is 1. The summed E-state index contributed by atoms with van der Waals surface area (Å²) in [6.07, 6.45) is 1.37. The Morgan fingerprint density at radius 2 is 2.11 bits per heavy atom. The minimum absolute atomic E-state index is 0.0209. The third-order valence-corrected chi connectivity index (χ3v) is 4.53. The van der Waals surface area contributed by atoms with Crippen molar-refractivity contribution >= 4 is 44.1 Å². The number of benzene rings is 2. The van der Waals surface area contributed by atoms with Crippen molar-refractivity contribution in [3.8, 4) is 5.75 Å². The highest BCUT2D eigenvalue weighted by Crippen LogP contribution is 2.28. The van der Waals surface area contributed by atoms with Crippen molar-refractivity contribution in [2.24, 2.45) is 0 Å². The van der Waals surface area contributed by atoms with Crippen LogP contribution in [0.2, 0.25) is 0 Å². The number of carbonyl (C=O) groups excluding carboxylic acids is 1. The first kappa shape index (κ1) is 19.5. The maximum absolute atomic E-state index is 12.5. The fraction of sp³-hybridized carbons (Fsp3) is 0.167. The minimum Gasteiger partial charge on any atom is -0.495 e. The number of anilines is 1. The molecular formula is C18H15BrN4O5. The second kappa shape index (κ2) is 8.17. The number of hydrogen-bond donors (Lipinski definition) is 1. The molecule has 0 bridgehead atoms. The lowest BCUT2D eigenvalue weighted by Gasteiger charge is -2.11. The van der Waals surface area contributed by atoms with Gasteiger partial charge in [0.15, 0.2) is 0 Å². The third-order valence-electron chi connectivity index (χ3n) is 4.03. The fourth-order valence-corrected chi connectivity index (χ4v) is 2.99. The number of halogens is 1. The van der Waals surface area contributed by atoms with Gasteiger partial charge in [0.1, 0.15) is 5.75 Å². The molecule has 3 aromatic rings. The van der Waals surface area contributed by atoms with Crippen LogP contribution in [0.4, 0.5) is 11.4 Å².